The molecule has 3 N–H and O–H groups in total. The molecule has 1 rings (SSSR count). The van der Waals surface area contributed by atoms with E-state index in [1.807, 2.05) is 13.8 Å². The van der Waals surface area contributed by atoms with E-state index in [-0.39, 0.29) is 30.5 Å². The van der Waals surface area contributed by atoms with E-state index in [0.29, 0.717) is 19.1 Å². The third-order valence-electron chi connectivity index (χ3n) is 2.91. The first kappa shape index (κ1) is 15.7. The van der Waals surface area contributed by atoms with Crippen molar-refractivity contribution in [3.8, 4) is 0 Å². The van der Waals surface area contributed by atoms with Crippen LogP contribution in [0.2, 0.25) is 0 Å². The van der Waals surface area contributed by atoms with Gasteiger partial charge in [-0.05, 0) is 32.1 Å². The smallest absolute Gasteiger partial charge is 0.246 e. The summed E-state index contributed by atoms with van der Waals surface area (Å²) in [4.78, 5) is 11.5. The fraction of sp³-hybridized carbons (Fsp3) is 0.909. The molecule has 1 saturated carbocycles. The lowest BCUT2D eigenvalue weighted by Gasteiger charge is -2.29. The van der Waals surface area contributed by atoms with E-state index < -0.39 is 0 Å². The van der Waals surface area contributed by atoms with Crippen LogP contribution in [0.3, 0.4) is 0 Å². The molecule has 0 spiro atoms. The maximum atomic E-state index is 11.5. The number of hydrogen-bond acceptors (Lipinski definition) is 3. The molecule has 5 heteroatoms. The third kappa shape index (κ3) is 4.68. The Bertz CT molecular complexity index is 222. The van der Waals surface area contributed by atoms with Gasteiger partial charge in [-0.2, -0.15) is 0 Å². The van der Waals surface area contributed by atoms with Gasteiger partial charge in [-0.15, -0.1) is 12.4 Å². The van der Waals surface area contributed by atoms with Crippen LogP contribution in [0.4, 0.5) is 0 Å². The summed E-state index contributed by atoms with van der Waals surface area (Å²) in [5, 5.41) is 2.97. The molecule has 4 nitrogen and oxygen atoms in total. The number of rotatable bonds is 7. The molecule has 1 fully saturated rings. The Kier molecular flexibility index (Phi) is 6.95. The van der Waals surface area contributed by atoms with Crippen molar-refractivity contribution in [2.24, 2.45) is 11.7 Å². The van der Waals surface area contributed by atoms with Crippen LogP contribution in [-0.2, 0) is 9.53 Å². The zero-order valence-corrected chi connectivity index (χ0v) is 10.9. The number of ether oxygens (including phenoxy) is 1. The lowest BCUT2D eigenvalue weighted by atomic mass is 9.96. The largest absolute Gasteiger partial charge is 0.372 e. The summed E-state index contributed by atoms with van der Waals surface area (Å²) in [6.07, 6.45) is 3.28. The Morgan fingerprint density at radius 2 is 2.19 bits per heavy atom. The van der Waals surface area contributed by atoms with E-state index in [2.05, 4.69) is 5.32 Å². The fourth-order valence-corrected chi connectivity index (χ4v) is 1.70. The molecule has 0 bridgehead atoms. The topological polar surface area (TPSA) is 64.3 Å². The monoisotopic (exact) mass is 250 g/mol. The van der Waals surface area contributed by atoms with Gasteiger partial charge in [-0.25, -0.2) is 0 Å². The van der Waals surface area contributed by atoms with Crippen LogP contribution in [0.25, 0.3) is 0 Å². The molecule has 1 amide bonds. The minimum atomic E-state index is -0.230. The molecule has 1 aliphatic rings. The summed E-state index contributed by atoms with van der Waals surface area (Å²) in [5.41, 5.74) is 5.47. The minimum Gasteiger partial charge on any atom is -0.372 e. The van der Waals surface area contributed by atoms with Crippen molar-refractivity contribution in [2.75, 3.05) is 19.8 Å². The highest BCUT2D eigenvalue weighted by molar-refractivity contribution is 5.85. The van der Waals surface area contributed by atoms with Crippen LogP contribution in [0, 0.1) is 5.92 Å². The SMILES string of the molecule is CCCOCC(=O)NC(C)(CN)C1CC1.Cl. The van der Waals surface area contributed by atoms with Crippen LogP contribution < -0.4 is 11.1 Å². The van der Waals surface area contributed by atoms with Crippen molar-refractivity contribution in [3.63, 3.8) is 0 Å². The van der Waals surface area contributed by atoms with Gasteiger partial charge in [0, 0.05) is 13.2 Å². The zero-order chi connectivity index (χ0) is 11.3. The Balaban J connectivity index is 0.00000225. The van der Waals surface area contributed by atoms with E-state index in [1.54, 1.807) is 0 Å². The summed E-state index contributed by atoms with van der Waals surface area (Å²) in [6, 6.07) is 0. The summed E-state index contributed by atoms with van der Waals surface area (Å²) in [5.74, 6) is 0.501. The number of nitrogens with two attached hydrogens (primary N) is 1. The highest BCUT2D eigenvalue weighted by atomic mass is 35.5. The van der Waals surface area contributed by atoms with Gasteiger partial charge in [0.1, 0.15) is 6.61 Å². The number of carbonyl (C=O) groups is 1. The summed E-state index contributed by atoms with van der Waals surface area (Å²) < 4.78 is 5.18. The average Bonchev–Trinajstić information content (AvgIpc) is 3.01. The Morgan fingerprint density at radius 1 is 1.56 bits per heavy atom. The predicted molar refractivity (Wildman–Crippen MR) is 66.7 cm³/mol. The second-order valence-electron chi connectivity index (χ2n) is 4.50. The van der Waals surface area contributed by atoms with E-state index in [1.165, 1.54) is 12.8 Å². The van der Waals surface area contributed by atoms with E-state index in [0.717, 1.165) is 6.42 Å². The summed E-state index contributed by atoms with van der Waals surface area (Å²) in [6.45, 7) is 5.32. The quantitative estimate of drug-likeness (QED) is 0.665. The van der Waals surface area contributed by atoms with Crippen molar-refractivity contribution in [3.05, 3.63) is 0 Å². The maximum absolute atomic E-state index is 11.5. The lowest BCUT2D eigenvalue weighted by molar-refractivity contribution is -0.127. The van der Waals surface area contributed by atoms with Gasteiger partial charge >= 0.3 is 0 Å². The molecule has 16 heavy (non-hydrogen) atoms. The average molecular weight is 251 g/mol. The van der Waals surface area contributed by atoms with Gasteiger partial charge in [0.2, 0.25) is 5.91 Å². The minimum absolute atomic E-state index is 0. The van der Waals surface area contributed by atoms with Crippen LogP contribution in [-0.4, -0.2) is 31.2 Å². The molecule has 0 aromatic carbocycles. The van der Waals surface area contributed by atoms with Crippen molar-refractivity contribution >= 4 is 18.3 Å². The number of carbonyl (C=O) groups excluding carboxylic acids is 1. The molecule has 0 aliphatic heterocycles. The fourth-order valence-electron chi connectivity index (χ4n) is 1.70. The van der Waals surface area contributed by atoms with Gasteiger partial charge < -0.3 is 15.8 Å². The standard InChI is InChI=1S/C11H22N2O2.ClH/c1-3-6-15-7-10(14)13-11(2,8-12)9-4-5-9;/h9H,3-8,12H2,1-2H3,(H,13,14);1H. The van der Waals surface area contributed by atoms with Crippen LogP contribution in [0.15, 0.2) is 0 Å². The lowest BCUT2D eigenvalue weighted by Crippen LogP contribution is -2.54. The number of amides is 1. The third-order valence-corrected chi connectivity index (χ3v) is 2.91. The molecule has 1 aliphatic carbocycles. The molecular formula is C11H23ClN2O2. The molecule has 0 aromatic heterocycles. The first-order chi connectivity index (χ1) is 7.12. The molecule has 96 valence electrons. The Labute approximate surface area is 104 Å². The van der Waals surface area contributed by atoms with Crippen LogP contribution >= 0.6 is 12.4 Å². The summed E-state index contributed by atoms with van der Waals surface area (Å²) in [7, 11) is 0. The zero-order valence-electron chi connectivity index (χ0n) is 10.1. The Hall–Kier alpha value is -0.320. The second kappa shape index (κ2) is 7.09. The molecule has 0 radical (unpaired) electrons. The number of hydrogen-bond donors (Lipinski definition) is 2. The highest BCUT2D eigenvalue weighted by Gasteiger charge is 2.41. The van der Waals surface area contributed by atoms with Gasteiger partial charge in [-0.1, -0.05) is 6.92 Å². The summed E-state index contributed by atoms with van der Waals surface area (Å²) >= 11 is 0. The predicted octanol–water partition coefficient (Wildman–Crippen LogP) is 1.08. The number of halogens is 1. The van der Waals surface area contributed by atoms with Crippen LogP contribution in [0.5, 0.6) is 0 Å². The van der Waals surface area contributed by atoms with Crippen molar-refractivity contribution < 1.29 is 9.53 Å². The first-order valence-corrected chi connectivity index (χ1v) is 5.71. The normalized spacial score (nSPS) is 18.4. The van der Waals surface area contributed by atoms with E-state index in [4.69, 9.17) is 10.5 Å². The Morgan fingerprint density at radius 3 is 2.62 bits per heavy atom. The van der Waals surface area contributed by atoms with Gasteiger partial charge in [0.05, 0.1) is 5.54 Å². The molecule has 1 unspecified atom stereocenters. The van der Waals surface area contributed by atoms with Gasteiger partial charge in [0.15, 0.2) is 0 Å². The highest BCUT2D eigenvalue weighted by Crippen LogP contribution is 2.38. The molecule has 0 aromatic rings. The molecular weight excluding hydrogens is 228 g/mol. The van der Waals surface area contributed by atoms with E-state index >= 15 is 0 Å². The molecule has 1 atom stereocenters. The first-order valence-electron chi connectivity index (χ1n) is 5.71. The molecule has 0 saturated heterocycles. The van der Waals surface area contributed by atoms with E-state index in [9.17, 15) is 4.79 Å². The molecule has 0 heterocycles. The number of nitrogens with one attached hydrogen (secondary N) is 1. The maximum Gasteiger partial charge on any atom is 0.246 e. The van der Waals surface area contributed by atoms with Crippen molar-refractivity contribution in [1.82, 2.24) is 5.32 Å². The van der Waals surface area contributed by atoms with Crippen molar-refractivity contribution in [2.45, 2.75) is 38.6 Å². The second-order valence-corrected chi connectivity index (χ2v) is 4.50. The van der Waals surface area contributed by atoms with Gasteiger partial charge in [0.25, 0.3) is 0 Å². The van der Waals surface area contributed by atoms with Crippen molar-refractivity contribution in [1.29, 1.82) is 0 Å². The van der Waals surface area contributed by atoms with Gasteiger partial charge in [-0.3, -0.25) is 4.79 Å². The van der Waals surface area contributed by atoms with Crippen LogP contribution in [0.1, 0.15) is 33.1 Å².